The summed E-state index contributed by atoms with van der Waals surface area (Å²) >= 11 is 0. The highest BCUT2D eigenvalue weighted by atomic mass is 16.5. The molecule has 0 saturated heterocycles. The summed E-state index contributed by atoms with van der Waals surface area (Å²) in [5, 5.41) is 4.04. The molecule has 0 saturated carbocycles. The van der Waals surface area contributed by atoms with Crippen LogP contribution in [0.2, 0.25) is 0 Å². The van der Waals surface area contributed by atoms with Crippen molar-refractivity contribution in [1.29, 1.82) is 0 Å². The van der Waals surface area contributed by atoms with E-state index in [0.29, 0.717) is 25.4 Å². The minimum Gasteiger partial charge on any atom is -0.494 e. The van der Waals surface area contributed by atoms with E-state index in [-0.39, 0.29) is 5.91 Å². The maximum absolute atomic E-state index is 12.3. The molecule has 6 nitrogen and oxygen atoms in total. The van der Waals surface area contributed by atoms with E-state index < -0.39 is 0 Å². The number of carbonyl (C=O) groups is 1. The second kappa shape index (κ2) is 11.4. The number of para-hydroxylation sites is 1. The number of benzene rings is 3. The molecule has 0 aliphatic rings. The summed E-state index contributed by atoms with van der Waals surface area (Å²) in [5.74, 6) is 2.00. The van der Waals surface area contributed by atoms with E-state index in [1.807, 2.05) is 74.5 Å². The van der Waals surface area contributed by atoms with Crippen LogP contribution >= 0.6 is 0 Å². The zero-order chi connectivity index (χ0) is 21.9. The highest BCUT2D eigenvalue weighted by molar-refractivity contribution is 5.95. The predicted octanol–water partition coefficient (Wildman–Crippen LogP) is 4.83. The monoisotopic (exact) mass is 418 g/mol. The molecule has 0 aliphatic carbocycles. The molecular formula is C25H26N2O4. The van der Waals surface area contributed by atoms with Crippen molar-refractivity contribution in [1.82, 2.24) is 5.43 Å². The summed E-state index contributed by atoms with van der Waals surface area (Å²) in [6, 6.07) is 22.2. The highest BCUT2D eigenvalue weighted by Gasteiger charge is 2.05. The van der Waals surface area contributed by atoms with Gasteiger partial charge >= 0.3 is 0 Å². The molecule has 31 heavy (non-hydrogen) atoms. The van der Waals surface area contributed by atoms with Crippen LogP contribution in [0.5, 0.6) is 17.2 Å². The van der Waals surface area contributed by atoms with Gasteiger partial charge in [0.2, 0.25) is 0 Å². The molecule has 0 aliphatic heterocycles. The first kappa shape index (κ1) is 21.9. The van der Waals surface area contributed by atoms with Gasteiger partial charge in [-0.2, -0.15) is 5.10 Å². The van der Waals surface area contributed by atoms with E-state index in [1.165, 1.54) is 0 Å². The summed E-state index contributed by atoms with van der Waals surface area (Å²) in [6.45, 7) is 5.46. The third-order valence-electron chi connectivity index (χ3n) is 4.34. The Kier molecular flexibility index (Phi) is 8.05. The largest absolute Gasteiger partial charge is 0.494 e. The summed E-state index contributed by atoms with van der Waals surface area (Å²) < 4.78 is 16.7. The number of hydrazone groups is 1. The second-order valence-corrected chi connectivity index (χ2v) is 6.56. The molecule has 1 amide bonds. The number of nitrogens with one attached hydrogen (secondary N) is 1. The van der Waals surface area contributed by atoms with Gasteiger partial charge in [0, 0.05) is 11.1 Å². The number of ether oxygens (including phenoxy) is 3. The fraction of sp³-hybridized carbons (Fsp3) is 0.200. The number of hydrogen-bond donors (Lipinski definition) is 1. The lowest BCUT2D eigenvalue weighted by Gasteiger charge is -2.08. The van der Waals surface area contributed by atoms with E-state index in [9.17, 15) is 4.79 Å². The van der Waals surface area contributed by atoms with Gasteiger partial charge in [-0.25, -0.2) is 5.43 Å². The maximum atomic E-state index is 12.3. The Hall–Kier alpha value is -3.80. The van der Waals surface area contributed by atoms with Crippen LogP contribution in [0.15, 0.2) is 77.9 Å². The van der Waals surface area contributed by atoms with Crippen molar-refractivity contribution in [2.45, 2.75) is 20.5 Å². The topological polar surface area (TPSA) is 69.2 Å². The van der Waals surface area contributed by atoms with E-state index >= 15 is 0 Å². The van der Waals surface area contributed by atoms with Crippen LogP contribution in [0.25, 0.3) is 0 Å². The van der Waals surface area contributed by atoms with E-state index in [2.05, 4.69) is 10.5 Å². The Bertz CT molecular complexity index is 999. The van der Waals surface area contributed by atoms with Gasteiger partial charge in [0.1, 0.15) is 23.9 Å². The van der Waals surface area contributed by atoms with Crippen LogP contribution in [0.3, 0.4) is 0 Å². The lowest BCUT2D eigenvalue weighted by atomic mass is 10.1. The molecule has 0 heterocycles. The van der Waals surface area contributed by atoms with Crippen molar-refractivity contribution in [3.05, 3.63) is 89.5 Å². The zero-order valence-electron chi connectivity index (χ0n) is 17.7. The minimum absolute atomic E-state index is 0.288. The number of rotatable bonds is 10. The molecule has 0 atom stereocenters. The Morgan fingerprint density at radius 1 is 0.839 bits per heavy atom. The van der Waals surface area contributed by atoms with Crippen LogP contribution in [0, 0.1) is 0 Å². The van der Waals surface area contributed by atoms with Gasteiger partial charge in [-0.3, -0.25) is 4.79 Å². The minimum atomic E-state index is -0.288. The molecule has 0 aromatic heterocycles. The van der Waals surface area contributed by atoms with Crippen molar-refractivity contribution >= 4 is 12.1 Å². The van der Waals surface area contributed by atoms with Crippen molar-refractivity contribution in [3.63, 3.8) is 0 Å². The van der Waals surface area contributed by atoms with Gasteiger partial charge in [0.15, 0.2) is 0 Å². The maximum Gasteiger partial charge on any atom is 0.271 e. The number of amides is 1. The number of hydrogen-bond acceptors (Lipinski definition) is 5. The van der Waals surface area contributed by atoms with Crippen LogP contribution in [0.4, 0.5) is 0 Å². The molecule has 0 bridgehead atoms. The zero-order valence-corrected chi connectivity index (χ0v) is 17.7. The molecule has 6 heteroatoms. The van der Waals surface area contributed by atoms with Gasteiger partial charge < -0.3 is 14.2 Å². The fourth-order valence-electron chi connectivity index (χ4n) is 2.82. The molecule has 0 unspecified atom stereocenters. The first-order valence-corrected chi connectivity index (χ1v) is 10.2. The lowest BCUT2D eigenvalue weighted by Crippen LogP contribution is -2.17. The molecule has 0 fully saturated rings. The molecule has 0 radical (unpaired) electrons. The smallest absolute Gasteiger partial charge is 0.271 e. The normalized spacial score (nSPS) is 10.6. The molecule has 3 aromatic carbocycles. The summed E-state index contributed by atoms with van der Waals surface area (Å²) in [6.07, 6.45) is 1.57. The van der Waals surface area contributed by atoms with Gasteiger partial charge in [-0.1, -0.05) is 24.3 Å². The first-order valence-electron chi connectivity index (χ1n) is 10.2. The molecule has 160 valence electrons. The summed E-state index contributed by atoms with van der Waals surface area (Å²) in [5.41, 5.74) is 4.81. The van der Waals surface area contributed by atoms with Crippen molar-refractivity contribution in [2.24, 2.45) is 5.10 Å². The van der Waals surface area contributed by atoms with Crippen LogP contribution in [-0.2, 0) is 6.61 Å². The van der Waals surface area contributed by atoms with Gasteiger partial charge in [0.05, 0.1) is 19.4 Å². The van der Waals surface area contributed by atoms with Gasteiger partial charge in [-0.05, 0) is 67.9 Å². The third kappa shape index (κ3) is 6.60. The average molecular weight is 418 g/mol. The molecular weight excluding hydrogens is 392 g/mol. The molecule has 3 rings (SSSR count). The van der Waals surface area contributed by atoms with E-state index in [0.717, 1.165) is 28.4 Å². The van der Waals surface area contributed by atoms with Gasteiger partial charge in [-0.15, -0.1) is 0 Å². The Balaban J connectivity index is 1.51. The quantitative estimate of drug-likeness (QED) is 0.378. The Morgan fingerprint density at radius 3 is 2.16 bits per heavy atom. The highest BCUT2D eigenvalue weighted by Crippen LogP contribution is 2.19. The van der Waals surface area contributed by atoms with E-state index in [4.69, 9.17) is 14.2 Å². The SMILES string of the molecule is CCOc1ccc(OCc2ccc(C(=O)N/N=C\c3ccccc3OCC)cc2)cc1. The summed E-state index contributed by atoms with van der Waals surface area (Å²) in [7, 11) is 0. The summed E-state index contributed by atoms with van der Waals surface area (Å²) in [4.78, 5) is 12.3. The average Bonchev–Trinajstić information content (AvgIpc) is 2.80. The third-order valence-corrected chi connectivity index (χ3v) is 4.34. The van der Waals surface area contributed by atoms with Gasteiger partial charge in [0.25, 0.3) is 5.91 Å². The van der Waals surface area contributed by atoms with Crippen LogP contribution in [0.1, 0.15) is 35.3 Å². The molecule has 0 spiro atoms. The first-order chi connectivity index (χ1) is 15.2. The Morgan fingerprint density at radius 2 is 1.48 bits per heavy atom. The second-order valence-electron chi connectivity index (χ2n) is 6.56. The molecule has 1 N–H and O–H groups in total. The van der Waals surface area contributed by atoms with Crippen LogP contribution in [-0.4, -0.2) is 25.3 Å². The van der Waals surface area contributed by atoms with Crippen molar-refractivity contribution in [2.75, 3.05) is 13.2 Å². The Labute approximate surface area is 182 Å². The van der Waals surface area contributed by atoms with Crippen molar-refractivity contribution < 1.29 is 19.0 Å². The van der Waals surface area contributed by atoms with Crippen molar-refractivity contribution in [3.8, 4) is 17.2 Å². The number of carbonyl (C=O) groups excluding carboxylic acids is 1. The lowest BCUT2D eigenvalue weighted by molar-refractivity contribution is 0.0955. The van der Waals surface area contributed by atoms with Crippen LogP contribution < -0.4 is 19.6 Å². The standard InChI is InChI=1S/C25H26N2O4/c1-3-29-22-13-15-23(16-14-22)31-18-19-9-11-20(12-10-19)25(28)27-26-17-21-7-5-6-8-24(21)30-4-2/h5-17H,3-4,18H2,1-2H3,(H,27,28)/b26-17-. The predicted molar refractivity (Wildman–Crippen MR) is 121 cm³/mol. The van der Waals surface area contributed by atoms with E-state index in [1.54, 1.807) is 18.3 Å². The number of nitrogens with zero attached hydrogens (tertiary/aromatic N) is 1. The fourth-order valence-corrected chi connectivity index (χ4v) is 2.82. The molecule has 3 aromatic rings.